The van der Waals surface area contributed by atoms with Crippen molar-refractivity contribution in [1.29, 1.82) is 0 Å². The van der Waals surface area contributed by atoms with E-state index in [1.807, 2.05) is 0 Å². The number of halogens is 1. The fourth-order valence-electron chi connectivity index (χ4n) is 5.10. The van der Waals surface area contributed by atoms with Gasteiger partial charge in [-0.25, -0.2) is 0 Å². The summed E-state index contributed by atoms with van der Waals surface area (Å²) in [6.45, 7) is 4.14. The standard InChI is InChI=1S/C18H32BrN/c19-15-18(9-3-1-2-4-10-18)16-20-13-11-17(12-14-20)7-5-6-8-17/h1-16H2. The number of hydrogen-bond acceptors (Lipinski definition) is 1. The fourth-order valence-corrected chi connectivity index (χ4v) is 5.84. The molecular formula is C18H32BrN. The van der Waals surface area contributed by atoms with Crippen molar-refractivity contribution in [2.24, 2.45) is 10.8 Å². The molecule has 0 aromatic heterocycles. The zero-order valence-corrected chi connectivity index (χ0v) is 14.7. The van der Waals surface area contributed by atoms with Crippen molar-refractivity contribution in [2.45, 2.75) is 77.0 Å². The van der Waals surface area contributed by atoms with E-state index in [-0.39, 0.29) is 0 Å². The molecule has 2 heteroatoms. The highest BCUT2D eigenvalue weighted by Gasteiger charge is 2.39. The zero-order valence-electron chi connectivity index (χ0n) is 13.1. The number of likely N-dealkylation sites (tertiary alicyclic amines) is 1. The van der Waals surface area contributed by atoms with Crippen LogP contribution in [0, 0.1) is 10.8 Å². The maximum Gasteiger partial charge on any atom is 0.0100 e. The van der Waals surface area contributed by atoms with Crippen LogP contribution in [0.25, 0.3) is 0 Å². The molecule has 2 aliphatic carbocycles. The molecule has 1 spiro atoms. The third-order valence-electron chi connectivity index (χ3n) is 6.59. The van der Waals surface area contributed by atoms with Crippen LogP contribution in [-0.4, -0.2) is 29.9 Å². The first-order chi connectivity index (χ1) is 9.76. The van der Waals surface area contributed by atoms with Crippen LogP contribution >= 0.6 is 15.9 Å². The molecular weight excluding hydrogens is 310 g/mol. The van der Waals surface area contributed by atoms with Gasteiger partial charge in [0.2, 0.25) is 0 Å². The van der Waals surface area contributed by atoms with Crippen molar-refractivity contribution in [2.75, 3.05) is 25.0 Å². The molecule has 1 nitrogen and oxygen atoms in total. The van der Waals surface area contributed by atoms with E-state index >= 15 is 0 Å². The van der Waals surface area contributed by atoms with E-state index < -0.39 is 0 Å². The summed E-state index contributed by atoms with van der Waals surface area (Å²) in [6.07, 6.45) is 17.8. The van der Waals surface area contributed by atoms with Gasteiger partial charge in [0.25, 0.3) is 0 Å². The monoisotopic (exact) mass is 341 g/mol. The Kier molecular flexibility index (Phi) is 5.13. The van der Waals surface area contributed by atoms with Crippen molar-refractivity contribution in [3.8, 4) is 0 Å². The molecule has 0 amide bonds. The zero-order chi connectivity index (χ0) is 13.9. The number of nitrogens with zero attached hydrogens (tertiary/aromatic N) is 1. The average Bonchev–Trinajstić information content (AvgIpc) is 2.80. The van der Waals surface area contributed by atoms with E-state index in [2.05, 4.69) is 20.8 Å². The molecule has 0 unspecified atom stereocenters. The Labute approximate surface area is 134 Å². The SMILES string of the molecule is BrCC1(CN2CCC3(CCCC3)CC2)CCCCCC1. The molecule has 0 N–H and O–H groups in total. The molecule has 0 atom stereocenters. The normalized spacial score (nSPS) is 30.4. The van der Waals surface area contributed by atoms with Crippen molar-refractivity contribution in [1.82, 2.24) is 4.90 Å². The molecule has 1 saturated heterocycles. The molecule has 3 aliphatic rings. The molecule has 3 rings (SSSR count). The van der Waals surface area contributed by atoms with Crippen LogP contribution in [0.4, 0.5) is 0 Å². The number of piperidine rings is 1. The predicted octanol–water partition coefficient (Wildman–Crippen LogP) is 5.38. The lowest BCUT2D eigenvalue weighted by molar-refractivity contribution is 0.0696. The van der Waals surface area contributed by atoms with Gasteiger partial charge in [-0.1, -0.05) is 54.5 Å². The van der Waals surface area contributed by atoms with E-state index in [9.17, 15) is 0 Å². The fraction of sp³-hybridized carbons (Fsp3) is 1.00. The summed E-state index contributed by atoms with van der Waals surface area (Å²) in [4.78, 5) is 2.82. The summed E-state index contributed by atoms with van der Waals surface area (Å²) in [5, 5.41) is 1.22. The summed E-state index contributed by atoms with van der Waals surface area (Å²) < 4.78 is 0. The number of rotatable bonds is 3. The van der Waals surface area contributed by atoms with E-state index in [0.29, 0.717) is 5.41 Å². The lowest BCUT2D eigenvalue weighted by Crippen LogP contribution is -2.45. The molecule has 0 aromatic rings. The van der Waals surface area contributed by atoms with Crippen molar-refractivity contribution < 1.29 is 0 Å². The van der Waals surface area contributed by atoms with Gasteiger partial charge in [0.15, 0.2) is 0 Å². The second-order valence-electron chi connectivity index (χ2n) is 8.03. The Balaban J connectivity index is 1.54. The Hall–Kier alpha value is 0.440. The number of alkyl halides is 1. The highest BCUT2D eigenvalue weighted by atomic mass is 79.9. The Morgan fingerprint density at radius 2 is 1.25 bits per heavy atom. The van der Waals surface area contributed by atoms with Crippen molar-refractivity contribution >= 4 is 15.9 Å². The molecule has 3 fully saturated rings. The molecule has 116 valence electrons. The molecule has 0 radical (unpaired) electrons. The van der Waals surface area contributed by atoms with Crippen LogP contribution in [0.5, 0.6) is 0 Å². The summed E-state index contributed by atoms with van der Waals surface area (Å²) in [5.74, 6) is 0. The lowest BCUT2D eigenvalue weighted by Gasteiger charge is -2.43. The lowest BCUT2D eigenvalue weighted by atomic mass is 9.75. The molecule has 0 aromatic carbocycles. The highest BCUT2D eigenvalue weighted by molar-refractivity contribution is 9.09. The molecule has 2 saturated carbocycles. The maximum absolute atomic E-state index is 3.86. The minimum Gasteiger partial charge on any atom is -0.303 e. The Morgan fingerprint density at radius 3 is 1.80 bits per heavy atom. The van der Waals surface area contributed by atoms with E-state index in [1.165, 1.54) is 102 Å². The Morgan fingerprint density at radius 1 is 0.700 bits per heavy atom. The van der Waals surface area contributed by atoms with Gasteiger partial charge in [-0.2, -0.15) is 0 Å². The summed E-state index contributed by atoms with van der Waals surface area (Å²) in [7, 11) is 0. The van der Waals surface area contributed by atoms with Crippen LogP contribution in [0.15, 0.2) is 0 Å². The smallest absolute Gasteiger partial charge is 0.0100 e. The maximum atomic E-state index is 3.86. The first-order valence-corrected chi connectivity index (χ1v) is 10.2. The minimum atomic E-state index is 0.594. The summed E-state index contributed by atoms with van der Waals surface area (Å²) >= 11 is 3.86. The van der Waals surface area contributed by atoms with Gasteiger partial charge in [-0.05, 0) is 62.4 Å². The molecule has 20 heavy (non-hydrogen) atoms. The van der Waals surface area contributed by atoms with Crippen molar-refractivity contribution in [3.63, 3.8) is 0 Å². The second kappa shape index (κ2) is 6.69. The molecule has 1 heterocycles. The third kappa shape index (κ3) is 3.43. The van der Waals surface area contributed by atoms with Crippen LogP contribution < -0.4 is 0 Å². The quantitative estimate of drug-likeness (QED) is 0.492. The van der Waals surface area contributed by atoms with Gasteiger partial charge in [0.05, 0.1) is 0 Å². The van der Waals surface area contributed by atoms with Crippen LogP contribution in [-0.2, 0) is 0 Å². The highest BCUT2D eigenvalue weighted by Crippen LogP contribution is 2.47. The molecule has 1 aliphatic heterocycles. The number of hydrogen-bond donors (Lipinski definition) is 0. The first-order valence-electron chi connectivity index (χ1n) is 9.04. The van der Waals surface area contributed by atoms with Gasteiger partial charge in [-0.15, -0.1) is 0 Å². The van der Waals surface area contributed by atoms with Crippen LogP contribution in [0.3, 0.4) is 0 Å². The van der Waals surface area contributed by atoms with Crippen LogP contribution in [0.1, 0.15) is 77.0 Å². The average molecular weight is 342 g/mol. The van der Waals surface area contributed by atoms with Gasteiger partial charge in [0, 0.05) is 11.9 Å². The molecule has 0 bridgehead atoms. The topological polar surface area (TPSA) is 3.24 Å². The summed E-state index contributed by atoms with van der Waals surface area (Å²) in [5.41, 5.74) is 1.37. The predicted molar refractivity (Wildman–Crippen MR) is 90.5 cm³/mol. The Bertz CT molecular complexity index is 291. The largest absolute Gasteiger partial charge is 0.303 e. The third-order valence-corrected chi connectivity index (χ3v) is 7.78. The van der Waals surface area contributed by atoms with Crippen LogP contribution in [0.2, 0.25) is 0 Å². The van der Waals surface area contributed by atoms with Gasteiger partial charge in [-0.3, -0.25) is 0 Å². The van der Waals surface area contributed by atoms with Gasteiger partial charge in [0.1, 0.15) is 0 Å². The van der Waals surface area contributed by atoms with E-state index in [4.69, 9.17) is 0 Å². The first kappa shape index (κ1) is 15.3. The second-order valence-corrected chi connectivity index (χ2v) is 8.59. The van der Waals surface area contributed by atoms with E-state index in [0.717, 1.165) is 5.41 Å². The van der Waals surface area contributed by atoms with Gasteiger partial charge < -0.3 is 4.90 Å². The van der Waals surface area contributed by atoms with Gasteiger partial charge >= 0.3 is 0 Å². The van der Waals surface area contributed by atoms with Crippen molar-refractivity contribution in [3.05, 3.63) is 0 Å². The minimum absolute atomic E-state index is 0.594. The van der Waals surface area contributed by atoms with E-state index in [1.54, 1.807) is 0 Å². The summed E-state index contributed by atoms with van der Waals surface area (Å²) in [6, 6.07) is 0.